The van der Waals surface area contributed by atoms with Crippen LogP contribution >= 0.6 is 0 Å². The van der Waals surface area contributed by atoms with Crippen molar-refractivity contribution in [2.24, 2.45) is 0 Å². The fourth-order valence-electron chi connectivity index (χ4n) is 6.60. The first-order chi connectivity index (χ1) is 29.0. The van der Waals surface area contributed by atoms with Crippen molar-refractivity contribution >= 4 is 17.9 Å². The molecule has 0 aliphatic rings. The van der Waals surface area contributed by atoms with E-state index < -0.39 is 6.10 Å². The van der Waals surface area contributed by atoms with E-state index in [1.165, 1.54) is 83.5 Å². The molecule has 0 fully saturated rings. The summed E-state index contributed by atoms with van der Waals surface area (Å²) in [7, 11) is 0. The van der Waals surface area contributed by atoms with Crippen LogP contribution in [0.5, 0.6) is 0 Å². The van der Waals surface area contributed by atoms with Gasteiger partial charge in [0.15, 0.2) is 6.10 Å². The van der Waals surface area contributed by atoms with Crippen LogP contribution in [-0.4, -0.2) is 37.2 Å². The van der Waals surface area contributed by atoms with Crippen molar-refractivity contribution in [1.29, 1.82) is 0 Å². The third-order valence-corrected chi connectivity index (χ3v) is 10.2. The summed E-state index contributed by atoms with van der Waals surface area (Å²) in [5.74, 6) is -0.979. The lowest BCUT2D eigenvalue weighted by atomic mass is 10.0. The molecule has 6 heteroatoms. The molecule has 0 heterocycles. The van der Waals surface area contributed by atoms with E-state index in [-0.39, 0.29) is 37.5 Å². The Hall–Kier alpha value is -3.15. The molecule has 0 saturated heterocycles. The highest BCUT2D eigenvalue weighted by atomic mass is 16.6. The largest absolute Gasteiger partial charge is 0.462 e. The molecule has 0 aliphatic heterocycles. The smallest absolute Gasteiger partial charge is 0.306 e. The zero-order chi connectivity index (χ0) is 43.0. The monoisotopic (exact) mass is 823 g/mol. The van der Waals surface area contributed by atoms with Gasteiger partial charge < -0.3 is 14.2 Å². The van der Waals surface area contributed by atoms with Crippen LogP contribution < -0.4 is 0 Å². The zero-order valence-electron chi connectivity index (χ0n) is 38.5. The lowest BCUT2D eigenvalue weighted by Crippen LogP contribution is -2.30. The summed E-state index contributed by atoms with van der Waals surface area (Å²) in [4.78, 5) is 37.8. The van der Waals surface area contributed by atoms with Gasteiger partial charge in [-0.15, -0.1) is 0 Å². The highest BCUT2D eigenvalue weighted by molar-refractivity contribution is 5.71. The molecule has 0 spiro atoms. The minimum Gasteiger partial charge on any atom is -0.462 e. The SMILES string of the molecule is CC/C=C\C/C=C\C/C=C\CCCCCCC(=O)OC(COC(=O)CCC/C=C\C/C=C\C/C=C\CC)COC(=O)CCCCCCCCCCCCCCCCCC. The van der Waals surface area contributed by atoms with Crippen molar-refractivity contribution in [3.63, 3.8) is 0 Å². The fraction of sp³-hybridized carbons (Fsp3) is 0.717. The van der Waals surface area contributed by atoms with Gasteiger partial charge in [0.05, 0.1) is 0 Å². The van der Waals surface area contributed by atoms with E-state index >= 15 is 0 Å². The summed E-state index contributed by atoms with van der Waals surface area (Å²) in [6, 6.07) is 0. The molecule has 0 rings (SSSR count). The molecule has 0 amide bonds. The Morgan fingerprint density at radius 3 is 1.10 bits per heavy atom. The molecule has 1 unspecified atom stereocenters. The van der Waals surface area contributed by atoms with E-state index in [0.717, 1.165) is 96.3 Å². The van der Waals surface area contributed by atoms with Crippen LogP contribution in [0, 0.1) is 0 Å². The molecule has 0 saturated carbocycles. The molecular weight excluding hydrogens is 733 g/mol. The third kappa shape index (κ3) is 45.8. The summed E-state index contributed by atoms with van der Waals surface area (Å²) < 4.78 is 16.7. The number of ether oxygens (including phenoxy) is 3. The van der Waals surface area contributed by atoms with Crippen molar-refractivity contribution in [2.75, 3.05) is 13.2 Å². The third-order valence-electron chi connectivity index (χ3n) is 10.2. The topological polar surface area (TPSA) is 78.9 Å². The number of carbonyl (C=O) groups excluding carboxylic acids is 3. The molecule has 0 aromatic carbocycles. The van der Waals surface area contributed by atoms with Crippen molar-refractivity contribution < 1.29 is 28.6 Å². The number of carbonyl (C=O) groups is 3. The molecule has 0 N–H and O–H groups in total. The molecule has 0 bridgehead atoms. The van der Waals surface area contributed by atoms with Gasteiger partial charge >= 0.3 is 17.9 Å². The Bertz CT molecular complexity index is 1130. The van der Waals surface area contributed by atoms with Gasteiger partial charge in [0.1, 0.15) is 13.2 Å². The Morgan fingerprint density at radius 1 is 0.356 bits per heavy atom. The van der Waals surface area contributed by atoms with E-state index in [9.17, 15) is 14.4 Å². The van der Waals surface area contributed by atoms with Crippen LogP contribution in [0.4, 0.5) is 0 Å². The molecule has 0 aromatic rings. The van der Waals surface area contributed by atoms with Gasteiger partial charge in [0, 0.05) is 19.3 Å². The van der Waals surface area contributed by atoms with Crippen LogP contribution in [-0.2, 0) is 28.6 Å². The van der Waals surface area contributed by atoms with Crippen LogP contribution in [0.25, 0.3) is 0 Å². The maximum Gasteiger partial charge on any atom is 0.306 e. The summed E-state index contributed by atoms with van der Waals surface area (Å²) in [5, 5.41) is 0. The fourth-order valence-corrected chi connectivity index (χ4v) is 6.60. The maximum absolute atomic E-state index is 12.7. The van der Waals surface area contributed by atoms with Gasteiger partial charge in [-0.1, -0.05) is 203 Å². The number of hydrogen-bond donors (Lipinski definition) is 0. The van der Waals surface area contributed by atoms with E-state index in [0.29, 0.717) is 19.3 Å². The quantitative estimate of drug-likeness (QED) is 0.0264. The summed E-state index contributed by atoms with van der Waals surface area (Å²) in [5.41, 5.74) is 0. The minimum atomic E-state index is -0.804. The van der Waals surface area contributed by atoms with E-state index in [4.69, 9.17) is 14.2 Å². The number of hydrogen-bond acceptors (Lipinski definition) is 6. The van der Waals surface area contributed by atoms with Gasteiger partial charge in [-0.25, -0.2) is 0 Å². The predicted octanol–water partition coefficient (Wildman–Crippen LogP) is 15.9. The Kier molecular flexibility index (Phi) is 45.0. The van der Waals surface area contributed by atoms with E-state index in [1.54, 1.807) is 0 Å². The molecule has 0 aromatic heterocycles. The van der Waals surface area contributed by atoms with Crippen molar-refractivity contribution in [1.82, 2.24) is 0 Å². The second-order valence-corrected chi connectivity index (χ2v) is 16.0. The van der Waals surface area contributed by atoms with Crippen molar-refractivity contribution in [2.45, 2.75) is 232 Å². The highest BCUT2D eigenvalue weighted by Gasteiger charge is 2.19. The van der Waals surface area contributed by atoms with Crippen LogP contribution in [0.1, 0.15) is 226 Å². The molecule has 0 radical (unpaired) electrons. The highest BCUT2D eigenvalue weighted by Crippen LogP contribution is 2.15. The molecule has 59 heavy (non-hydrogen) atoms. The summed E-state index contributed by atoms with van der Waals surface area (Å²) in [6.45, 7) is 6.34. The molecular formula is C53H90O6. The summed E-state index contributed by atoms with van der Waals surface area (Å²) in [6.07, 6.45) is 59.0. The van der Waals surface area contributed by atoms with Crippen LogP contribution in [0.15, 0.2) is 72.9 Å². The van der Waals surface area contributed by atoms with Gasteiger partial charge in [-0.3, -0.25) is 14.4 Å². The average Bonchev–Trinajstić information content (AvgIpc) is 3.23. The van der Waals surface area contributed by atoms with Crippen LogP contribution in [0.3, 0.4) is 0 Å². The van der Waals surface area contributed by atoms with Gasteiger partial charge in [-0.05, 0) is 77.0 Å². The molecule has 6 nitrogen and oxygen atoms in total. The second-order valence-electron chi connectivity index (χ2n) is 16.0. The lowest BCUT2D eigenvalue weighted by molar-refractivity contribution is -0.167. The lowest BCUT2D eigenvalue weighted by Gasteiger charge is -2.18. The molecule has 338 valence electrons. The number of esters is 3. The minimum absolute atomic E-state index is 0.0990. The Labute approximate surface area is 363 Å². The van der Waals surface area contributed by atoms with E-state index in [2.05, 4.69) is 93.7 Å². The van der Waals surface area contributed by atoms with E-state index in [1.807, 2.05) is 0 Å². The number of unbranched alkanes of at least 4 members (excludes halogenated alkanes) is 20. The molecule has 1 atom stereocenters. The van der Waals surface area contributed by atoms with Gasteiger partial charge in [0.25, 0.3) is 0 Å². The Morgan fingerprint density at radius 2 is 0.678 bits per heavy atom. The first-order valence-electron chi connectivity index (χ1n) is 24.4. The van der Waals surface area contributed by atoms with Crippen LogP contribution in [0.2, 0.25) is 0 Å². The standard InChI is InChI=1S/C53H90O6/c1-4-7-10-13-16-19-22-24-26-27-29-31-34-37-40-43-46-52(55)58-49-50(48-57-51(54)45-42-39-36-33-30-21-18-15-12-9-6-3)59-53(56)47-44-41-38-35-32-28-25-23-20-17-14-11-8-5-2/h8-9,11-12,17-18,20-21,25,28,33,36,50H,4-7,10,13-16,19,22-24,26-27,29-32,34-35,37-49H2,1-3H3/b11-8-,12-9-,20-17-,21-18-,28-25-,36-33-. The zero-order valence-corrected chi connectivity index (χ0v) is 38.5. The van der Waals surface area contributed by atoms with Crippen molar-refractivity contribution in [3.05, 3.63) is 72.9 Å². The first kappa shape index (κ1) is 55.9. The second kappa shape index (κ2) is 47.5. The van der Waals surface area contributed by atoms with Gasteiger partial charge in [0.2, 0.25) is 0 Å². The summed E-state index contributed by atoms with van der Waals surface area (Å²) >= 11 is 0. The first-order valence-corrected chi connectivity index (χ1v) is 24.4. The average molecular weight is 823 g/mol. The Balaban J connectivity index is 4.43. The van der Waals surface area contributed by atoms with Crippen molar-refractivity contribution in [3.8, 4) is 0 Å². The van der Waals surface area contributed by atoms with Gasteiger partial charge in [-0.2, -0.15) is 0 Å². The molecule has 0 aliphatic carbocycles. The number of rotatable bonds is 43. The predicted molar refractivity (Wildman–Crippen MR) is 251 cm³/mol. The number of allylic oxidation sites excluding steroid dienone is 12. The maximum atomic E-state index is 12.7. The normalized spacial score (nSPS) is 12.7.